The number of thiophene rings is 1. The highest BCUT2D eigenvalue weighted by atomic mass is 32.1. The predicted molar refractivity (Wildman–Crippen MR) is 83.5 cm³/mol. The summed E-state index contributed by atoms with van der Waals surface area (Å²) in [4.78, 5) is 0. The summed E-state index contributed by atoms with van der Waals surface area (Å²) in [6.45, 7) is 3.82. The van der Waals surface area contributed by atoms with Crippen LogP contribution in [0.3, 0.4) is 0 Å². The van der Waals surface area contributed by atoms with Crippen LogP contribution in [0.25, 0.3) is 5.57 Å². The van der Waals surface area contributed by atoms with Crippen molar-refractivity contribution in [3.63, 3.8) is 0 Å². The van der Waals surface area contributed by atoms with E-state index in [1.807, 2.05) is 0 Å². The number of hydrogen-bond acceptors (Lipinski definition) is 6. The number of ether oxygens (including phenoxy) is 1. The average Bonchev–Trinajstić information content (AvgIpc) is 3.11. The van der Waals surface area contributed by atoms with Crippen LogP contribution in [0.2, 0.25) is 0 Å². The number of rotatable bonds is 5. The maximum atomic E-state index is 5.82. The lowest BCUT2D eigenvalue weighted by Gasteiger charge is -2.21. The predicted octanol–water partition coefficient (Wildman–Crippen LogP) is 2.99. The SMILES string of the molecule is CC1NCCC=C1c1nsnc1OCCc1ccsc1. The second-order valence-electron chi connectivity index (χ2n) is 4.77. The van der Waals surface area contributed by atoms with Crippen molar-refractivity contribution in [3.05, 3.63) is 34.2 Å². The Morgan fingerprint density at radius 3 is 3.20 bits per heavy atom. The van der Waals surface area contributed by atoms with Gasteiger partial charge in [-0.2, -0.15) is 15.7 Å². The molecular weight excluding hydrogens is 290 g/mol. The lowest BCUT2D eigenvalue weighted by molar-refractivity contribution is 0.311. The topological polar surface area (TPSA) is 47.0 Å². The highest BCUT2D eigenvalue weighted by Gasteiger charge is 2.21. The lowest BCUT2D eigenvalue weighted by Crippen LogP contribution is -2.31. The van der Waals surface area contributed by atoms with E-state index in [1.165, 1.54) is 22.9 Å². The van der Waals surface area contributed by atoms with Crippen LogP contribution in [-0.2, 0) is 6.42 Å². The van der Waals surface area contributed by atoms with Gasteiger partial charge in [0.05, 0.1) is 18.3 Å². The minimum atomic E-state index is 0.312. The number of nitrogens with one attached hydrogen (secondary N) is 1. The van der Waals surface area contributed by atoms with Crippen molar-refractivity contribution in [1.82, 2.24) is 14.1 Å². The quantitative estimate of drug-likeness (QED) is 0.922. The van der Waals surface area contributed by atoms with Crippen molar-refractivity contribution in [2.24, 2.45) is 0 Å². The molecule has 1 atom stereocenters. The normalized spacial score (nSPS) is 18.9. The summed E-state index contributed by atoms with van der Waals surface area (Å²) in [6.07, 6.45) is 4.18. The van der Waals surface area contributed by atoms with E-state index in [1.54, 1.807) is 11.3 Å². The lowest BCUT2D eigenvalue weighted by atomic mass is 10.0. The third-order valence-electron chi connectivity index (χ3n) is 3.37. The van der Waals surface area contributed by atoms with Crippen LogP contribution in [0.1, 0.15) is 24.6 Å². The minimum absolute atomic E-state index is 0.312. The summed E-state index contributed by atoms with van der Waals surface area (Å²) in [5.74, 6) is 0.673. The molecular formula is C14H17N3OS2. The molecule has 0 radical (unpaired) electrons. The van der Waals surface area contributed by atoms with Crippen LogP contribution in [0.5, 0.6) is 5.88 Å². The fourth-order valence-corrected chi connectivity index (χ4v) is 3.49. The molecule has 0 saturated carbocycles. The van der Waals surface area contributed by atoms with Crippen molar-refractivity contribution < 1.29 is 4.74 Å². The Morgan fingerprint density at radius 1 is 1.45 bits per heavy atom. The van der Waals surface area contributed by atoms with E-state index >= 15 is 0 Å². The highest BCUT2D eigenvalue weighted by Crippen LogP contribution is 2.28. The monoisotopic (exact) mass is 307 g/mol. The Hall–Kier alpha value is -1.24. The summed E-state index contributed by atoms with van der Waals surface area (Å²) in [5.41, 5.74) is 3.42. The molecule has 6 heteroatoms. The summed E-state index contributed by atoms with van der Waals surface area (Å²) < 4.78 is 14.5. The molecule has 3 rings (SSSR count). The molecule has 0 aliphatic carbocycles. The van der Waals surface area contributed by atoms with E-state index in [0.717, 1.165) is 25.1 Å². The Bertz CT molecular complexity index is 577. The van der Waals surface area contributed by atoms with Gasteiger partial charge in [-0.25, -0.2) is 0 Å². The van der Waals surface area contributed by atoms with Gasteiger partial charge in [0.25, 0.3) is 5.88 Å². The van der Waals surface area contributed by atoms with E-state index in [0.29, 0.717) is 18.5 Å². The maximum absolute atomic E-state index is 5.82. The van der Waals surface area contributed by atoms with Gasteiger partial charge in [0.2, 0.25) is 0 Å². The van der Waals surface area contributed by atoms with Crippen molar-refractivity contribution in [2.75, 3.05) is 13.2 Å². The molecule has 1 aliphatic rings. The van der Waals surface area contributed by atoms with E-state index in [9.17, 15) is 0 Å². The van der Waals surface area contributed by atoms with Crippen molar-refractivity contribution in [1.29, 1.82) is 0 Å². The van der Waals surface area contributed by atoms with E-state index in [4.69, 9.17) is 4.74 Å². The fraction of sp³-hybridized carbons (Fsp3) is 0.429. The standard InChI is InChI=1S/C14H17N3OS2/c1-10-12(3-2-6-15-10)13-14(17-20-16-13)18-7-4-11-5-8-19-9-11/h3,5,8-10,15H,2,4,6-7H2,1H3. The van der Waals surface area contributed by atoms with Gasteiger partial charge in [-0.15, -0.1) is 4.37 Å². The Kier molecular flexibility index (Phi) is 4.44. The zero-order valence-electron chi connectivity index (χ0n) is 11.3. The first-order chi connectivity index (χ1) is 9.84. The van der Waals surface area contributed by atoms with Crippen molar-refractivity contribution in [2.45, 2.75) is 25.8 Å². The zero-order valence-corrected chi connectivity index (χ0v) is 13.0. The molecule has 0 amide bonds. The first-order valence-electron chi connectivity index (χ1n) is 6.75. The second kappa shape index (κ2) is 6.47. The highest BCUT2D eigenvalue weighted by molar-refractivity contribution is 7.07. The molecule has 1 unspecified atom stereocenters. The molecule has 0 bridgehead atoms. The molecule has 2 aromatic rings. The van der Waals surface area contributed by atoms with Crippen LogP contribution < -0.4 is 10.1 Å². The molecule has 3 heterocycles. The molecule has 0 aromatic carbocycles. The minimum Gasteiger partial charge on any atom is -0.475 e. The van der Waals surface area contributed by atoms with Crippen molar-refractivity contribution in [3.8, 4) is 5.88 Å². The van der Waals surface area contributed by atoms with Gasteiger partial charge < -0.3 is 10.1 Å². The van der Waals surface area contributed by atoms with Gasteiger partial charge in [-0.05, 0) is 47.9 Å². The first kappa shape index (κ1) is 13.7. The summed E-state index contributed by atoms with van der Waals surface area (Å²) in [5, 5.41) is 7.68. The van der Waals surface area contributed by atoms with Gasteiger partial charge in [0.1, 0.15) is 5.69 Å². The summed E-state index contributed by atoms with van der Waals surface area (Å²) in [7, 11) is 0. The van der Waals surface area contributed by atoms with Crippen LogP contribution in [0, 0.1) is 0 Å². The number of hydrogen-bond donors (Lipinski definition) is 1. The molecule has 106 valence electrons. The number of aromatic nitrogens is 2. The van der Waals surface area contributed by atoms with Crippen molar-refractivity contribution >= 4 is 28.6 Å². The molecule has 4 nitrogen and oxygen atoms in total. The van der Waals surface area contributed by atoms with Crippen LogP contribution in [0.15, 0.2) is 22.9 Å². The Morgan fingerprint density at radius 2 is 2.40 bits per heavy atom. The van der Waals surface area contributed by atoms with Gasteiger partial charge in [-0.1, -0.05) is 6.08 Å². The molecule has 1 N–H and O–H groups in total. The Balaban J connectivity index is 1.66. The van der Waals surface area contributed by atoms with Gasteiger partial charge in [-0.3, -0.25) is 0 Å². The third-order valence-corrected chi connectivity index (χ3v) is 4.61. The van der Waals surface area contributed by atoms with Crippen LogP contribution in [-0.4, -0.2) is 27.9 Å². The third kappa shape index (κ3) is 3.08. The van der Waals surface area contributed by atoms with Gasteiger partial charge in [0, 0.05) is 12.5 Å². The molecule has 1 aliphatic heterocycles. The van der Waals surface area contributed by atoms with Gasteiger partial charge >= 0.3 is 0 Å². The largest absolute Gasteiger partial charge is 0.475 e. The molecule has 0 fully saturated rings. The van der Waals surface area contributed by atoms with E-state index in [2.05, 4.69) is 43.9 Å². The first-order valence-corrected chi connectivity index (χ1v) is 8.42. The van der Waals surface area contributed by atoms with Gasteiger partial charge in [0.15, 0.2) is 0 Å². The van der Waals surface area contributed by atoms with Crippen LogP contribution in [0.4, 0.5) is 0 Å². The Labute approximate surface area is 126 Å². The van der Waals surface area contributed by atoms with E-state index in [-0.39, 0.29) is 0 Å². The average molecular weight is 307 g/mol. The smallest absolute Gasteiger partial charge is 0.253 e. The van der Waals surface area contributed by atoms with E-state index < -0.39 is 0 Å². The molecule has 0 spiro atoms. The summed E-state index contributed by atoms with van der Waals surface area (Å²) >= 11 is 2.93. The molecule has 0 saturated heterocycles. The fourth-order valence-electron chi connectivity index (χ4n) is 2.27. The van der Waals surface area contributed by atoms with Crippen LogP contribution >= 0.6 is 23.1 Å². The molecule has 2 aromatic heterocycles. The number of nitrogens with zero attached hydrogens (tertiary/aromatic N) is 2. The maximum Gasteiger partial charge on any atom is 0.253 e. The second-order valence-corrected chi connectivity index (χ2v) is 6.08. The zero-order chi connectivity index (χ0) is 13.8. The molecule has 20 heavy (non-hydrogen) atoms. The summed E-state index contributed by atoms with van der Waals surface area (Å²) in [6, 6.07) is 2.44.